The minimum Gasteiger partial charge on any atom is -0.503 e. The van der Waals surface area contributed by atoms with Gasteiger partial charge >= 0.3 is 0 Å². The zero-order valence-electron chi connectivity index (χ0n) is 19.3. The molecule has 0 radical (unpaired) electrons. The van der Waals surface area contributed by atoms with Gasteiger partial charge in [-0.05, 0) is 23.8 Å². The van der Waals surface area contributed by atoms with E-state index in [1.165, 1.54) is 19.1 Å². The van der Waals surface area contributed by atoms with Crippen molar-refractivity contribution in [3.8, 4) is 17.2 Å². The van der Waals surface area contributed by atoms with Crippen LogP contribution in [0.15, 0.2) is 53.8 Å². The molecule has 1 atom stereocenters. The van der Waals surface area contributed by atoms with Crippen molar-refractivity contribution in [2.75, 3.05) is 21.3 Å². The number of aliphatic hydroxyl groups is 1. The van der Waals surface area contributed by atoms with Gasteiger partial charge in [0, 0.05) is 11.0 Å². The molecule has 0 saturated heterocycles. The highest BCUT2D eigenvalue weighted by atomic mass is 16.5. The third-order valence-corrected chi connectivity index (χ3v) is 5.49. The lowest BCUT2D eigenvalue weighted by Gasteiger charge is -2.29. The molecule has 1 heterocycles. The van der Waals surface area contributed by atoms with E-state index in [2.05, 4.69) is 0 Å². The molecule has 1 N–H and O–H groups in total. The second-order valence-electron chi connectivity index (χ2n) is 8.60. The Morgan fingerprint density at radius 3 is 2.19 bits per heavy atom. The van der Waals surface area contributed by atoms with E-state index >= 15 is 0 Å². The lowest BCUT2D eigenvalue weighted by atomic mass is 9.82. The predicted octanol–water partition coefficient (Wildman–Crippen LogP) is 4.22. The summed E-state index contributed by atoms with van der Waals surface area (Å²) < 4.78 is 16.2. The first-order chi connectivity index (χ1) is 15.1. The normalized spacial score (nSPS) is 16.4. The number of Topliss-reactive ketones (excluding diaryl/α,β-unsaturated/α-hetero) is 1. The van der Waals surface area contributed by atoms with Crippen LogP contribution in [0.25, 0.3) is 0 Å². The van der Waals surface area contributed by atoms with Crippen LogP contribution in [0.3, 0.4) is 0 Å². The fourth-order valence-corrected chi connectivity index (χ4v) is 3.84. The number of aliphatic hydroxyl groups excluding tert-OH is 1. The van der Waals surface area contributed by atoms with Crippen LogP contribution in [0.4, 0.5) is 0 Å². The number of benzene rings is 2. The monoisotopic (exact) mass is 439 g/mol. The molecule has 0 spiro atoms. The second kappa shape index (κ2) is 8.94. The van der Waals surface area contributed by atoms with Crippen LogP contribution >= 0.6 is 0 Å². The van der Waals surface area contributed by atoms with Crippen molar-refractivity contribution in [2.45, 2.75) is 33.4 Å². The van der Waals surface area contributed by atoms with E-state index in [0.29, 0.717) is 22.8 Å². The van der Waals surface area contributed by atoms with Crippen molar-refractivity contribution in [1.82, 2.24) is 4.90 Å². The molecule has 0 saturated carbocycles. The minimum absolute atomic E-state index is 0.0737. The first-order valence-electron chi connectivity index (χ1n) is 10.3. The van der Waals surface area contributed by atoms with Gasteiger partial charge in [0.1, 0.15) is 5.75 Å². The molecule has 2 aromatic carbocycles. The topological polar surface area (TPSA) is 85.3 Å². The SMILES string of the molecule is COc1ccccc1CN1C(=O)C(O)=C(C(=O)C(C)(C)C)C1c1ccc(OC)c(OC)c1. The van der Waals surface area contributed by atoms with Crippen molar-refractivity contribution in [3.63, 3.8) is 0 Å². The molecule has 0 aliphatic carbocycles. The Bertz CT molecular complexity index is 1070. The number of amides is 1. The van der Waals surface area contributed by atoms with Gasteiger partial charge in [0.2, 0.25) is 0 Å². The Morgan fingerprint density at radius 1 is 0.969 bits per heavy atom. The average Bonchev–Trinajstić information content (AvgIpc) is 3.02. The maximum absolute atomic E-state index is 13.3. The first-order valence-corrected chi connectivity index (χ1v) is 10.3. The summed E-state index contributed by atoms with van der Waals surface area (Å²) >= 11 is 0. The molecule has 2 aromatic rings. The van der Waals surface area contributed by atoms with Gasteiger partial charge < -0.3 is 24.2 Å². The number of carbonyl (C=O) groups is 2. The van der Waals surface area contributed by atoms with Crippen LogP contribution in [0, 0.1) is 5.41 Å². The smallest absolute Gasteiger partial charge is 0.290 e. The summed E-state index contributed by atoms with van der Waals surface area (Å²) in [4.78, 5) is 28.0. The van der Waals surface area contributed by atoms with Crippen LogP contribution in [-0.4, -0.2) is 43.0 Å². The van der Waals surface area contributed by atoms with Crippen LogP contribution in [0.5, 0.6) is 17.2 Å². The molecule has 1 aliphatic rings. The van der Waals surface area contributed by atoms with Gasteiger partial charge in [0.05, 0.1) is 39.5 Å². The van der Waals surface area contributed by atoms with Gasteiger partial charge in [-0.1, -0.05) is 45.0 Å². The van der Waals surface area contributed by atoms with Gasteiger partial charge in [-0.3, -0.25) is 9.59 Å². The Kier molecular flexibility index (Phi) is 6.48. The second-order valence-corrected chi connectivity index (χ2v) is 8.60. The highest BCUT2D eigenvalue weighted by Gasteiger charge is 2.46. The van der Waals surface area contributed by atoms with E-state index in [1.54, 1.807) is 52.1 Å². The number of ether oxygens (including phenoxy) is 3. The number of para-hydroxylation sites is 1. The Balaban J connectivity index is 2.16. The van der Waals surface area contributed by atoms with Gasteiger partial charge in [0.25, 0.3) is 5.91 Å². The number of carbonyl (C=O) groups excluding carboxylic acids is 2. The van der Waals surface area contributed by atoms with Crippen molar-refractivity contribution in [3.05, 3.63) is 64.9 Å². The fourth-order valence-electron chi connectivity index (χ4n) is 3.84. The van der Waals surface area contributed by atoms with E-state index in [-0.39, 0.29) is 17.9 Å². The van der Waals surface area contributed by atoms with Crippen molar-refractivity contribution >= 4 is 11.7 Å². The summed E-state index contributed by atoms with van der Waals surface area (Å²) in [6.07, 6.45) is 0. The largest absolute Gasteiger partial charge is 0.503 e. The first kappa shape index (κ1) is 23.2. The summed E-state index contributed by atoms with van der Waals surface area (Å²) in [7, 11) is 4.61. The van der Waals surface area contributed by atoms with Crippen LogP contribution in [-0.2, 0) is 16.1 Å². The number of ketones is 1. The highest BCUT2D eigenvalue weighted by molar-refractivity contribution is 6.10. The summed E-state index contributed by atoms with van der Waals surface area (Å²) in [5.74, 6) is 0.160. The molecule has 170 valence electrons. The molecule has 3 rings (SSSR count). The lowest BCUT2D eigenvalue weighted by Crippen LogP contribution is -2.32. The zero-order chi connectivity index (χ0) is 23.6. The summed E-state index contributed by atoms with van der Waals surface area (Å²) in [5, 5.41) is 10.8. The standard InChI is InChI=1S/C25H29NO6/c1-25(2,3)23(28)20-21(15-11-12-18(31-5)19(13-15)32-6)26(24(29)22(20)27)14-16-9-7-8-10-17(16)30-4/h7-13,21,27H,14H2,1-6H3. The Hall–Kier alpha value is -3.48. The molecule has 0 bridgehead atoms. The summed E-state index contributed by atoms with van der Waals surface area (Å²) in [5.41, 5.74) is 0.664. The summed E-state index contributed by atoms with van der Waals surface area (Å²) in [6, 6.07) is 11.7. The fraction of sp³-hybridized carbons (Fsp3) is 0.360. The van der Waals surface area contributed by atoms with Gasteiger partial charge in [0.15, 0.2) is 23.0 Å². The average molecular weight is 440 g/mol. The molecule has 32 heavy (non-hydrogen) atoms. The predicted molar refractivity (Wildman–Crippen MR) is 120 cm³/mol. The molecular formula is C25H29NO6. The lowest BCUT2D eigenvalue weighted by molar-refractivity contribution is -0.130. The van der Waals surface area contributed by atoms with E-state index in [9.17, 15) is 14.7 Å². The van der Waals surface area contributed by atoms with Crippen LogP contribution in [0.2, 0.25) is 0 Å². The molecule has 1 aliphatic heterocycles. The maximum atomic E-state index is 13.3. The van der Waals surface area contributed by atoms with E-state index < -0.39 is 23.1 Å². The number of hydrogen-bond donors (Lipinski definition) is 1. The molecule has 7 nitrogen and oxygen atoms in total. The highest BCUT2D eigenvalue weighted by Crippen LogP contribution is 2.44. The Labute approximate surface area is 188 Å². The van der Waals surface area contributed by atoms with Crippen molar-refractivity contribution < 1.29 is 28.9 Å². The molecule has 7 heteroatoms. The van der Waals surface area contributed by atoms with Crippen LogP contribution < -0.4 is 14.2 Å². The van der Waals surface area contributed by atoms with Crippen LogP contribution in [0.1, 0.15) is 37.9 Å². The van der Waals surface area contributed by atoms with Crippen molar-refractivity contribution in [2.24, 2.45) is 5.41 Å². The number of methoxy groups -OCH3 is 3. The maximum Gasteiger partial charge on any atom is 0.290 e. The van der Waals surface area contributed by atoms with E-state index in [4.69, 9.17) is 14.2 Å². The van der Waals surface area contributed by atoms with Gasteiger partial charge in [-0.2, -0.15) is 0 Å². The van der Waals surface area contributed by atoms with E-state index in [1.807, 2.05) is 18.2 Å². The number of hydrogen-bond acceptors (Lipinski definition) is 6. The number of nitrogens with zero attached hydrogens (tertiary/aromatic N) is 1. The minimum atomic E-state index is -0.793. The third kappa shape index (κ3) is 4.15. The molecular weight excluding hydrogens is 410 g/mol. The molecule has 1 amide bonds. The zero-order valence-corrected chi connectivity index (χ0v) is 19.3. The summed E-state index contributed by atoms with van der Waals surface area (Å²) in [6.45, 7) is 5.42. The molecule has 0 fully saturated rings. The van der Waals surface area contributed by atoms with Gasteiger partial charge in [-0.25, -0.2) is 0 Å². The Morgan fingerprint density at radius 2 is 1.59 bits per heavy atom. The van der Waals surface area contributed by atoms with E-state index in [0.717, 1.165) is 5.56 Å². The molecule has 1 unspecified atom stereocenters. The third-order valence-electron chi connectivity index (χ3n) is 5.49. The molecule has 0 aromatic heterocycles. The van der Waals surface area contributed by atoms with Gasteiger partial charge in [-0.15, -0.1) is 0 Å². The van der Waals surface area contributed by atoms with Crippen molar-refractivity contribution in [1.29, 1.82) is 0 Å². The quantitative estimate of drug-likeness (QED) is 0.695. The number of rotatable bonds is 7.